The van der Waals surface area contributed by atoms with E-state index < -0.39 is 28.0 Å². The van der Waals surface area contributed by atoms with Crippen LogP contribution in [0, 0.1) is 0 Å². The number of carbonyl (C=O) groups is 3. The predicted molar refractivity (Wildman–Crippen MR) is 106 cm³/mol. The van der Waals surface area contributed by atoms with Crippen LogP contribution < -0.4 is 14.8 Å². The zero-order valence-corrected chi connectivity index (χ0v) is 17.7. The summed E-state index contributed by atoms with van der Waals surface area (Å²) in [4.78, 5) is 35.1. The molecule has 2 aromatic rings. The molecule has 4 amide bonds. The first-order valence-electron chi connectivity index (χ1n) is 7.54. The van der Waals surface area contributed by atoms with Crippen molar-refractivity contribution >= 4 is 65.9 Å². The molecule has 28 heavy (non-hydrogen) atoms. The van der Waals surface area contributed by atoms with Crippen molar-refractivity contribution in [3.8, 4) is 5.75 Å². The Morgan fingerprint density at radius 2 is 1.54 bits per heavy atom. The SMILES string of the molecule is O=C1NC(=O)C(=Cc2cc(Br)cc(Br)c2OS(=O)(=O)c2ccccc2)C(=O)N1. The fourth-order valence-electron chi connectivity index (χ4n) is 2.28. The Morgan fingerprint density at radius 1 is 0.929 bits per heavy atom. The lowest BCUT2D eigenvalue weighted by atomic mass is 10.1. The highest BCUT2D eigenvalue weighted by molar-refractivity contribution is 9.11. The lowest BCUT2D eigenvalue weighted by molar-refractivity contribution is -0.123. The van der Waals surface area contributed by atoms with E-state index in [1.165, 1.54) is 18.2 Å². The summed E-state index contributed by atoms with van der Waals surface area (Å²) in [5.74, 6) is -1.96. The van der Waals surface area contributed by atoms with E-state index in [0.29, 0.717) is 4.47 Å². The van der Waals surface area contributed by atoms with Gasteiger partial charge in [-0.3, -0.25) is 20.2 Å². The summed E-state index contributed by atoms with van der Waals surface area (Å²) in [6.45, 7) is 0. The largest absolute Gasteiger partial charge is 0.377 e. The molecule has 3 rings (SSSR count). The van der Waals surface area contributed by atoms with E-state index in [1.807, 2.05) is 10.6 Å². The number of carbonyl (C=O) groups excluding carboxylic acids is 3. The number of imide groups is 2. The van der Waals surface area contributed by atoms with E-state index in [0.717, 1.165) is 6.08 Å². The van der Waals surface area contributed by atoms with Gasteiger partial charge >= 0.3 is 16.1 Å². The summed E-state index contributed by atoms with van der Waals surface area (Å²) in [5, 5.41) is 3.88. The van der Waals surface area contributed by atoms with Gasteiger partial charge in [0.1, 0.15) is 10.5 Å². The van der Waals surface area contributed by atoms with Crippen molar-refractivity contribution in [2.45, 2.75) is 4.90 Å². The van der Waals surface area contributed by atoms with Crippen molar-refractivity contribution in [3.63, 3.8) is 0 Å². The van der Waals surface area contributed by atoms with E-state index in [2.05, 4.69) is 31.9 Å². The minimum Gasteiger partial charge on any atom is -0.377 e. The predicted octanol–water partition coefficient (Wildman–Crippen LogP) is 2.73. The number of barbiturate groups is 1. The van der Waals surface area contributed by atoms with Crippen LogP contribution in [0.15, 0.2) is 61.9 Å². The van der Waals surface area contributed by atoms with E-state index in [4.69, 9.17) is 4.18 Å². The molecule has 1 saturated heterocycles. The molecule has 0 aliphatic carbocycles. The zero-order chi connectivity index (χ0) is 20.5. The van der Waals surface area contributed by atoms with Crippen LogP contribution in [-0.4, -0.2) is 26.3 Å². The number of amides is 4. The van der Waals surface area contributed by atoms with Crippen LogP contribution in [0.4, 0.5) is 4.79 Å². The molecule has 11 heteroatoms. The van der Waals surface area contributed by atoms with Crippen LogP contribution in [0.5, 0.6) is 5.75 Å². The van der Waals surface area contributed by atoms with Gasteiger partial charge < -0.3 is 4.18 Å². The summed E-state index contributed by atoms with van der Waals surface area (Å²) in [5.41, 5.74) is -0.262. The topological polar surface area (TPSA) is 119 Å². The molecule has 1 heterocycles. The van der Waals surface area contributed by atoms with Crippen molar-refractivity contribution in [2.75, 3.05) is 0 Å². The summed E-state index contributed by atoms with van der Waals surface area (Å²) >= 11 is 6.48. The molecule has 0 spiro atoms. The second-order valence-corrected chi connectivity index (χ2v) is 8.77. The van der Waals surface area contributed by atoms with Crippen molar-refractivity contribution in [1.82, 2.24) is 10.6 Å². The molecule has 0 saturated carbocycles. The maximum Gasteiger partial charge on any atom is 0.339 e. The number of hydrogen-bond donors (Lipinski definition) is 2. The molecule has 1 fully saturated rings. The highest BCUT2D eigenvalue weighted by Gasteiger charge is 2.29. The Hall–Kier alpha value is -2.50. The maximum atomic E-state index is 12.6. The lowest BCUT2D eigenvalue weighted by Gasteiger charge is -2.16. The minimum atomic E-state index is -4.18. The molecular weight excluding hydrogens is 520 g/mol. The highest BCUT2D eigenvalue weighted by atomic mass is 79.9. The van der Waals surface area contributed by atoms with Crippen LogP contribution >= 0.6 is 31.9 Å². The fourth-order valence-corrected chi connectivity index (χ4v) is 4.72. The van der Waals surface area contributed by atoms with E-state index >= 15 is 0 Å². The zero-order valence-electron chi connectivity index (χ0n) is 13.7. The molecule has 2 N–H and O–H groups in total. The standard InChI is InChI=1S/C17H10Br2N2O6S/c18-10-6-9(7-12-15(22)20-17(24)21-16(12)23)14(13(19)8-10)27-28(25,26)11-4-2-1-3-5-11/h1-8H,(H2,20,21,22,23,24). The number of urea groups is 1. The number of hydrogen-bond acceptors (Lipinski definition) is 6. The van der Waals surface area contributed by atoms with Crippen LogP contribution in [-0.2, 0) is 19.7 Å². The van der Waals surface area contributed by atoms with Crippen LogP contribution in [0.2, 0.25) is 0 Å². The molecule has 1 aliphatic heterocycles. The first-order chi connectivity index (χ1) is 13.2. The Kier molecular flexibility index (Phi) is 5.68. The number of nitrogens with one attached hydrogen (secondary N) is 2. The highest BCUT2D eigenvalue weighted by Crippen LogP contribution is 2.36. The molecule has 0 aromatic heterocycles. The summed E-state index contributed by atoms with van der Waals surface area (Å²) < 4.78 is 31.2. The van der Waals surface area contributed by atoms with E-state index in [1.54, 1.807) is 24.3 Å². The molecule has 144 valence electrons. The number of benzene rings is 2. The molecule has 8 nitrogen and oxygen atoms in total. The fraction of sp³-hybridized carbons (Fsp3) is 0. The van der Waals surface area contributed by atoms with Gasteiger partial charge in [0.05, 0.1) is 4.47 Å². The maximum absolute atomic E-state index is 12.6. The van der Waals surface area contributed by atoms with Gasteiger partial charge in [-0.1, -0.05) is 34.1 Å². The quantitative estimate of drug-likeness (QED) is 0.357. The van der Waals surface area contributed by atoms with Gasteiger partial charge in [-0.15, -0.1) is 0 Å². The van der Waals surface area contributed by atoms with Gasteiger partial charge in [0.25, 0.3) is 11.8 Å². The van der Waals surface area contributed by atoms with Gasteiger partial charge in [0.15, 0.2) is 5.75 Å². The Morgan fingerprint density at radius 3 is 2.14 bits per heavy atom. The molecular formula is C17H10Br2N2O6S. The summed E-state index contributed by atoms with van der Waals surface area (Å²) in [7, 11) is -4.18. The van der Waals surface area contributed by atoms with Crippen molar-refractivity contribution in [3.05, 3.63) is 62.5 Å². The average molecular weight is 530 g/mol. The third-order valence-electron chi connectivity index (χ3n) is 3.51. The average Bonchev–Trinajstić information content (AvgIpc) is 2.61. The lowest BCUT2D eigenvalue weighted by Crippen LogP contribution is -2.51. The second-order valence-electron chi connectivity index (χ2n) is 5.45. The Bertz CT molecular complexity index is 1110. The molecule has 0 radical (unpaired) electrons. The van der Waals surface area contributed by atoms with Gasteiger partial charge in [0.2, 0.25) is 0 Å². The van der Waals surface area contributed by atoms with Crippen LogP contribution in [0.3, 0.4) is 0 Å². The summed E-state index contributed by atoms with van der Waals surface area (Å²) in [6.07, 6.45) is 1.13. The summed E-state index contributed by atoms with van der Waals surface area (Å²) in [6, 6.07) is 9.55. The monoisotopic (exact) mass is 528 g/mol. The number of halogens is 2. The van der Waals surface area contributed by atoms with E-state index in [9.17, 15) is 22.8 Å². The first-order valence-corrected chi connectivity index (χ1v) is 10.5. The smallest absolute Gasteiger partial charge is 0.339 e. The molecule has 1 aliphatic rings. The molecule has 0 bridgehead atoms. The van der Waals surface area contributed by atoms with Gasteiger partial charge in [0, 0.05) is 10.0 Å². The third-order valence-corrected chi connectivity index (χ3v) is 5.79. The Balaban J connectivity index is 2.09. The van der Waals surface area contributed by atoms with Crippen LogP contribution in [0.25, 0.3) is 6.08 Å². The Labute approximate surface area is 176 Å². The van der Waals surface area contributed by atoms with E-state index in [-0.39, 0.29) is 26.3 Å². The minimum absolute atomic E-state index is 0.0674. The van der Waals surface area contributed by atoms with Crippen molar-refractivity contribution in [1.29, 1.82) is 0 Å². The van der Waals surface area contributed by atoms with Crippen molar-refractivity contribution in [2.24, 2.45) is 0 Å². The van der Waals surface area contributed by atoms with Crippen molar-refractivity contribution < 1.29 is 27.0 Å². The van der Waals surface area contributed by atoms with Crippen LogP contribution in [0.1, 0.15) is 5.56 Å². The third kappa shape index (κ3) is 4.32. The molecule has 0 unspecified atom stereocenters. The normalized spacial score (nSPS) is 14.4. The number of rotatable bonds is 4. The van der Waals surface area contributed by atoms with Gasteiger partial charge in [-0.05, 0) is 46.3 Å². The molecule has 2 aromatic carbocycles. The molecule has 0 atom stereocenters. The van der Waals surface area contributed by atoms with Gasteiger partial charge in [-0.2, -0.15) is 8.42 Å². The second kappa shape index (κ2) is 7.86. The van der Waals surface area contributed by atoms with Gasteiger partial charge in [-0.25, -0.2) is 4.79 Å². The first kappa shape index (κ1) is 20.2.